The Morgan fingerprint density at radius 3 is 2.67 bits per heavy atom. The number of nitrogens with two attached hydrogens (primary N) is 1. The highest BCUT2D eigenvalue weighted by Crippen LogP contribution is 2.33. The van der Waals surface area contributed by atoms with Gasteiger partial charge in [-0.3, -0.25) is 4.90 Å². The lowest BCUT2D eigenvalue weighted by Crippen LogP contribution is -2.48. The van der Waals surface area contributed by atoms with E-state index in [1.165, 1.54) is 29.7 Å². The average Bonchev–Trinajstić information content (AvgIpc) is 2.32. The Morgan fingerprint density at radius 2 is 2.00 bits per heavy atom. The number of hydrogen-bond acceptors (Lipinski definition) is 2. The fourth-order valence-corrected chi connectivity index (χ4v) is 3.12. The minimum atomic E-state index is 0.265. The van der Waals surface area contributed by atoms with Crippen LogP contribution in [0.3, 0.4) is 0 Å². The number of likely N-dealkylation sites (tertiary alicyclic amines) is 1. The zero-order valence-corrected chi connectivity index (χ0v) is 12.1. The second-order valence-corrected chi connectivity index (χ2v) is 5.94. The quantitative estimate of drug-likeness (QED) is 0.868. The molecule has 0 spiro atoms. The summed E-state index contributed by atoms with van der Waals surface area (Å²) in [6.07, 6.45) is 2.36. The molecule has 1 saturated heterocycles. The van der Waals surface area contributed by atoms with E-state index in [4.69, 9.17) is 5.73 Å². The molecule has 0 saturated carbocycles. The van der Waals surface area contributed by atoms with E-state index in [0.29, 0.717) is 12.1 Å². The molecule has 2 heteroatoms. The molecule has 2 N–H and O–H groups in total. The molecule has 2 nitrogen and oxygen atoms in total. The second-order valence-electron chi connectivity index (χ2n) is 5.94. The van der Waals surface area contributed by atoms with Gasteiger partial charge in [0.25, 0.3) is 0 Å². The number of aryl methyl sites for hydroxylation is 2. The zero-order valence-electron chi connectivity index (χ0n) is 12.1. The van der Waals surface area contributed by atoms with Crippen LogP contribution in [0.5, 0.6) is 0 Å². The van der Waals surface area contributed by atoms with Crippen molar-refractivity contribution in [1.82, 2.24) is 4.90 Å². The zero-order chi connectivity index (χ0) is 13.3. The van der Waals surface area contributed by atoms with Gasteiger partial charge in [0.1, 0.15) is 0 Å². The first-order chi connectivity index (χ1) is 8.50. The molecular weight excluding hydrogens is 220 g/mol. The van der Waals surface area contributed by atoms with Crippen molar-refractivity contribution in [3.8, 4) is 0 Å². The predicted octanol–water partition coefficient (Wildman–Crippen LogP) is 3.18. The van der Waals surface area contributed by atoms with Gasteiger partial charge in [0.2, 0.25) is 0 Å². The fraction of sp³-hybridized carbons (Fsp3) is 0.625. The maximum absolute atomic E-state index is 6.42. The largest absolute Gasteiger partial charge is 0.326 e. The highest BCUT2D eigenvalue weighted by atomic mass is 15.2. The smallest absolute Gasteiger partial charge is 0.0504 e. The first-order valence-electron chi connectivity index (χ1n) is 7.09. The summed E-state index contributed by atoms with van der Waals surface area (Å²) < 4.78 is 0. The molecule has 18 heavy (non-hydrogen) atoms. The summed E-state index contributed by atoms with van der Waals surface area (Å²) >= 11 is 0. The third-order valence-corrected chi connectivity index (χ3v) is 4.13. The van der Waals surface area contributed by atoms with Gasteiger partial charge in [0.15, 0.2) is 0 Å². The van der Waals surface area contributed by atoms with Crippen LogP contribution in [0.1, 0.15) is 49.4 Å². The van der Waals surface area contributed by atoms with Crippen molar-refractivity contribution in [2.75, 3.05) is 6.54 Å². The molecule has 1 aliphatic rings. The van der Waals surface area contributed by atoms with Gasteiger partial charge >= 0.3 is 0 Å². The van der Waals surface area contributed by atoms with Crippen molar-refractivity contribution in [2.45, 2.75) is 58.7 Å². The molecule has 0 radical (unpaired) electrons. The monoisotopic (exact) mass is 246 g/mol. The maximum atomic E-state index is 6.42. The molecule has 0 aromatic heterocycles. The number of benzene rings is 1. The molecule has 2 unspecified atom stereocenters. The van der Waals surface area contributed by atoms with Crippen LogP contribution in [-0.4, -0.2) is 23.5 Å². The molecule has 1 aromatic rings. The number of rotatable bonds is 2. The van der Waals surface area contributed by atoms with Crippen molar-refractivity contribution < 1.29 is 0 Å². The molecule has 1 heterocycles. The Kier molecular flexibility index (Phi) is 4.08. The standard InChI is InChI=1S/C16H26N2/c1-11(2)18-9-5-6-15(17)16(18)14-10-12(3)7-8-13(14)4/h7-8,10-11,15-16H,5-6,9,17H2,1-4H3. The lowest BCUT2D eigenvalue weighted by Gasteiger charge is -2.43. The Hall–Kier alpha value is -0.860. The highest BCUT2D eigenvalue weighted by Gasteiger charge is 2.32. The lowest BCUT2D eigenvalue weighted by molar-refractivity contribution is 0.0943. The first kappa shape index (κ1) is 13.6. The summed E-state index contributed by atoms with van der Waals surface area (Å²) in [5.41, 5.74) is 10.5. The number of hydrogen-bond donors (Lipinski definition) is 1. The minimum absolute atomic E-state index is 0.265. The Labute approximate surface area is 111 Å². The van der Waals surface area contributed by atoms with Gasteiger partial charge in [0.05, 0.1) is 6.04 Å². The summed E-state index contributed by atoms with van der Waals surface area (Å²) in [6.45, 7) is 10.1. The van der Waals surface area contributed by atoms with Gasteiger partial charge in [-0.1, -0.05) is 23.8 Å². The summed E-state index contributed by atoms with van der Waals surface area (Å²) in [5.74, 6) is 0. The molecular formula is C16H26N2. The molecule has 0 amide bonds. The van der Waals surface area contributed by atoms with Crippen molar-refractivity contribution in [3.63, 3.8) is 0 Å². The SMILES string of the molecule is Cc1ccc(C)c(C2C(N)CCCN2C(C)C)c1. The molecule has 0 aliphatic carbocycles. The van der Waals surface area contributed by atoms with Gasteiger partial charge in [0, 0.05) is 12.1 Å². The Bertz CT molecular complexity index is 412. The molecule has 2 rings (SSSR count). The Morgan fingerprint density at radius 1 is 1.28 bits per heavy atom. The van der Waals surface area contributed by atoms with Crippen LogP contribution in [0.15, 0.2) is 18.2 Å². The minimum Gasteiger partial charge on any atom is -0.326 e. The summed E-state index contributed by atoms with van der Waals surface area (Å²) in [4.78, 5) is 2.57. The van der Waals surface area contributed by atoms with Crippen LogP contribution in [-0.2, 0) is 0 Å². The van der Waals surface area contributed by atoms with Crippen molar-refractivity contribution in [3.05, 3.63) is 34.9 Å². The van der Waals surface area contributed by atoms with Crippen molar-refractivity contribution in [2.24, 2.45) is 5.73 Å². The number of piperidine rings is 1. The topological polar surface area (TPSA) is 29.3 Å². The maximum Gasteiger partial charge on any atom is 0.0504 e. The molecule has 1 fully saturated rings. The van der Waals surface area contributed by atoms with Crippen LogP contribution in [0.4, 0.5) is 0 Å². The molecule has 1 aliphatic heterocycles. The normalized spacial score (nSPS) is 25.7. The van der Waals surface area contributed by atoms with Crippen molar-refractivity contribution >= 4 is 0 Å². The van der Waals surface area contributed by atoms with E-state index in [0.717, 1.165) is 6.42 Å². The van der Waals surface area contributed by atoms with Crippen LogP contribution in [0, 0.1) is 13.8 Å². The van der Waals surface area contributed by atoms with Gasteiger partial charge in [-0.2, -0.15) is 0 Å². The van der Waals surface area contributed by atoms with E-state index >= 15 is 0 Å². The van der Waals surface area contributed by atoms with E-state index in [9.17, 15) is 0 Å². The van der Waals surface area contributed by atoms with Gasteiger partial charge in [-0.05, 0) is 58.2 Å². The van der Waals surface area contributed by atoms with Crippen LogP contribution < -0.4 is 5.73 Å². The van der Waals surface area contributed by atoms with Crippen LogP contribution in [0.25, 0.3) is 0 Å². The van der Waals surface area contributed by atoms with Gasteiger partial charge in [-0.15, -0.1) is 0 Å². The fourth-order valence-electron chi connectivity index (χ4n) is 3.12. The molecule has 0 bridgehead atoms. The lowest BCUT2D eigenvalue weighted by atomic mass is 9.87. The van der Waals surface area contributed by atoms with Gasteiger partial charge in [-0.25, -0.2) is 0 Å². The molecule has 100 valence electrons. The van der Waals surface area contributed by atoms with E-state index in [-0.39, 0.29) is 6.04 Å². The third kappa shape index (κ3) is 2.60. The average molecular weight is 246 g/mol. The number of nitrogens with zero attached hydrogens (tertiary/aromatic N) is 1. The molecule has 2 atom stereocenters. The highest BCUT2D eigenvalue weighted by molar-refractivity contribution is 5.34. The van der Waals surface area contributed by atoms with Crippen LogP contribution in [0.2, 0.25) is 0 Å². The van der Waals surface area contributed by atoms with Crippen LogP contribution >= 0.6 is 0 Å². The summed E-state index contributed by atoms with van der Waals surface area (Å²) in [7, 11) is 0. The van der Waals surface area contributed by atoms with Crippen molar-refractivity contribution in [1.29, 1.82) is 0 Å². The Balaban J connectivity index is 2.40. The van der Waals surface area contributed by atoms with E-state index in [1.807, 2.05) is 0 Å². The summed E-state index contributed by atoms with van der Waals surface area (Å²) in [6, 6.07) is 7.94. The summed E-state index contributed by atoms with van der Waals surface area (Å²) in [5, 5.41) is 0. The van der Waals surface area contributed by atoms with E-state index in [2.05, 4.69) is 50.8 Å². The van der Waals surface area contributed by atoms with Gasteiger partial charge < -0.3 is 5.73 Å². The third-order valence-electron chi connectivity index (χ3n) is 4.13. The van der Waals surface area contributed by atoms with E-state index < -0.39 is 0 Å². The van der Waals surface area contributed by atoms with E-state index in [1.54, 1.807) is 0 Å². The molecule has 1 aromatic carbocycles. The first-order valence-corrected chi connectivity index (χ1v) is 7.09. The second kappa shape index (κ2) is 5.41. The predicted molar refractivity (Wildman–Crippen MR) is 77.7 cm³/mol.